The predicted molar refractivity (Wildman–Crippen MR) is 107 cm³/mol. The zero-order valence-electron chi connectivity index (χ0n) is 15.5. The molecule has 3 rings (SSSR count). The molecule has 2 aromatic rings. The third-order valence-corrected chi connectivity index (χ3v) is 4.75. The number of hydrogen-bond acceptors (Lipinski definition) is 4. The summed E-state index contributed by atoms with van der Waals surface area (Å²) in [6.07, 6.45) is 3.84. The molecule has 0 atom stereocenters. The van der Waals surface area contributed by atoms with E-state index in [0.717, 1.165) is 35.8 Å². The van der Waals surface area contributed by atoms with E-state index in [1.54, 1.807) is 7.11 Å². The molecule has 1 aliphatic rings. The highest BCUT2D eigenvalue weighted by atomic mass is 16.5. The van der Waals surface area contributed by atoms with Crippen LogP contribution < -0.4 is 20.3 Å². The summed E-state index contributed by atoms with van der Waals surface area (Å²) < 4.78 is 5.20. The van der Waals surface area contributed by atoms with Crippen molar-refractivity contribution in [2.24, 2.45) is 0 Å². The van der Waals surface area contributed by atoms with Gasteiger partial charge in [-0.1, -0.05) is 0 Å². The van der Waals surface area contributed by atoms with Gasteiger partial charge in [0.15, 0.2) is 0 Å². The van der Waals surface area contributed by atoms with Gasteiger partial charge in [-0.2, -0.15) is 0 Å². The summed E-state index contributed by atoms with van der Waals surface area (Å²) in [6.45, 7) is 4.46. The summed E-state index contributed by atoms with van der Waals surface area (Å²) in [5.41, 5.74) is 4.03. The van der Waals surface area contributed by atoms with Gasteiger partial charge in [0.05, 0.1) is 13.7 Å². The average Bonchev–Trinajstić information content (AvgIpc) is 2.68. The summed E-state index contributed by atoms with van der Waals surface area (Å²) >= 11 is 0. The Morgan fingerprint density at radius 2 is 1.81 bits per heavy atom. The van der Waals surface area contributed by atoms with Gasteiger partial charge in [-0.05, 0) is 74.2 Å². The molecule has 138 valence electrons. The summed E-state index contributed by atoms with van der Waals surface area (Å²) in [5.74, 6) is 0.747. The number of carbonyl (C=O) groups is 1. The first-order valence-corrected chi connectivity index (χ1v) is 9.19. The van der Waals surface area contributed by atoms with Gasteiger partial charge in [-0.25, -0.2) is 0 Å². The number of ether oxygens (including phenoxy) is 1. The molecule has 0 spiro atoms. The quantitative estimate of drug-likeness (QED) is 0.823. The molecule has 2 N–H and O–H groups in total. The number of nitrogens with zero attached hydrogens (tertiary/aromatic N) is 1. The van der Waals surface area contributed by atoms with Gasteiger partial charge in [0.1, 0.15) is 5.75 Å². The molecule has 2 aromatic carbocycles. The van der Waals surface area contributed by atoms with Crippen LogP contribution in [0.25, 0.3) is 0 Å². The van der Waals surface area contributed by atoms with Crippen molar-refractivity contribution >= 4 is 23.0 Å². The molecule has 0 aromatic heterocycles. The first-order chi connectivity index (χ1) is 12.7. The summed E-state index contributed by atoms with van der Waals surface area (Å²) in [4.78, 5) is 14.6. The van der Waals surface area contributed by atoms with E-state index in [4.69, 9.17) is 4.74 Å². The fourth-order valence-electron chi connectivity index (χ4n) is 3.25. The van der Waals surface area contributed by atoms with Crippen LogP contribution in [0.5, 0.6) is 5.75 Å². The zero-order chi connectivity index (χ0) is 18.4. The molecular formula is C21H27N3O2. The molecule has 0 aliphatic carbocycles. The van der Waals surface area contributed by atoms with Crippen LogP contribution in [0.1, 0.15) is 24.8 Å². The Labute approximate surface area is 155 Å². The maximum atomic E-state index is 12.2. The monoisotopic (exact) mass is 353 g/mol. The van der Waals surface area contributed by atoms with Crippen molar-refractivity contribution in [2.75, 3.05) is 42.3 Å². The molecule has 0 unspecified atom stereocenters. The van der Waals surface area contributed by atoms with E-state index in [2.05, 4.69) is 27.7 Å². The Balaban J connectivity index is 1.51. The van der Waals surface area contributed by atoms with Crippen molar-refractivity contribution in [1.29, 1.82) is 0 Å². The van der Waals surface area contributed by atoms with Crippen LogP contribution in [0.4, 0.5) is 17.1 Å². The van der Waals surface area contributed by atoms with Crippen molar-refractivity contribution < 1.29 is 9.53 Å². The topological polar surface area (TPSA) is 53.6 Å². The summed E-state index contributed by atoms with van der Waals surface area (Å²) in [5, 5.41) is 6.11. The molecule has 5 nitrogen and oxygen atoms in total. The van der Waals surface area contributed by atoms with Crippen LogP contribution in [-0.2, 0) is 4.79 Å². The standard InChI is InChI=1S/C21H27N3O2/c1-16-14-19(26-2)10-11-20(16)22-15-21(25)23-17-6-8-18(9-7-17)24-12-4-3-5-13-24/h6-11,14,22H,3-5,12-13,15H2,1-2H3,(H,23,25). The van der Waals surface area contributed by atoms with E-state index in [-0.39, 0.29) is 12.5 Å². The molecule has 1 amide bonds. The normalized spacial score (nSPS) is 14.0. The van der Waals surface area contributed by atoms with Crippen LogP contribution in [0.3, 0.4) is 0 Å². The van der Waals surface area contributed by atoms with Crippen LogP contribution in [0.15, 0.2) is 42.5 Å². The van der Waals surface area contributed by atoms with Crippen molar-refractivity contribution in [3.8, 4) is 5.75 Å². The first kappa shape index (κ1) is 18.1. The second-order valence-corrected chi connectivity index (χ2v) is 6.68. The summed E-state index contributed by atoms with van der Waals surface area (Å²) in [7, 11) is 1.64. The fourth-order valence-corrected chi connectivity index (χ4v) is 3.25. The van der Waals surface area contributed by atoms with E-state index in [0.29, 0.717) is 0 Å². The Hall–Kier alpha value is -2.69. The molecule has 1 aliphatic heterocycles. The highest BCUT2D eigenvalue weighted by molar-refractivity contribution is 5.94. The number of hydrogen-bond donors (Lipinski definition) is 2. The number of nitrogens with one attached hydrogen (secondary N) is 2. The molecule has 1 heterocycles. The van der Waals surface area contributed by atoms with Crippen molar-refractivity contribution in [1.82, 2.24) is 0 Å². The third kappa shape index (κ3) is 4.69. The largest absolute Gasteiger partial charge is 0.497 e. The van der Waals surface area contributed by atoms with Gasteiger partial charge in [-0.15, -0.1) is 0 Å². The number of piperidine rings is 1. The van der Waals surface area contributed by atoms with Crippen molar-refractivity contribution in [3.05, 3.63) is 48.0 Å². The molecule has 26 heavy (non-hydrogen) atoms. The third-order valence-electron chi connectivity index (χ3n) is 4.75. The minimum atomic E-state index is -0.0639. The number of benzene rings is 2. The Morgan fingerprint density at radius 1 is 1.08 bits per heavy atom. The SMILES string of the molecule is COc1ccc(NCC(=O)Nc2ccc(N3CCCCC3)cc2)c(C)c1. The van der Waals surface area contributed by atoms with Crippen LogP contribution in [-0.4, -0.2) is 32.7 Å². The van der Waals surface area contributed by atoms with E-state index in [9.17, 15) is 4.79 Å². The Kier molecular flexibility index (Phi) is 6.00. The second-order valence-electron chi connectivity index (χ2n) is 6.68. The lowest BCUT2D eigenvalue weighted by Gasteiger charge is -2.28. The number of aryl methyl sites for hydroxylation is 1. The van der Waals surface area contributed by atoms with E-state index >= 15 is 0 Å². The van der Waals surface area contributed by atoms with Crippen LogP contribution in [0, 0.1) is 6.92 Å². The lowest BCUT2D eigenvalue weighted by Crippen LogP contribution is -2.29. The second kappa shape index (κ2) is 8.61. The van der Waals surface area contributed by atoms with E-state index in [1.807, 2.05) is 37.3 Å². The van der Waals surface area contributed by atoms with Gasteiger partial charge < -0.3 is 20.3 Å². The smallest absolute Gasteiger partial charge is 0.243 e. The Bertz CT molecular complexity index is 737. The molecule has 5 heteroatoms. The molecule has 0 saturated carbocycles. The van der Waals surface area contributed by atoms with Crippen LogP contribution >= 0.6 is 0 Å². The predicted octanol–water partition coefficient (Wildman–Crippen LogP) is 4.04. The number of carbonyl (C=O) groups excluding carboxylic acids is 1. The maximum absolute atomic E-state index is 12.2. The number of rotatable bonds is 6. The zero-order valence-corrected chi connectivity index (χ0v) is 15.5. The van der Waals surface area contributed by atoms with Gasteiger partial charge in [0.25, 0.3) is 0 Å². The van der Waals surface area contributed by atoms with Crippen molar-refractivity contribution in [2.45, 2.75) is 26.2 Å². The first-order valence-electron chi connectivity index (χ1n) is 9.19. The maximum Gasteiger partial charge on any atom is 0.243 e. The van der Waals surface area contributed by atoms with Gasteiger partial charge in [0.2, 0.25) is 5.91 Å². The van der Waals surface area contributed by atoms with Gasteiger partial charge in [0, 0.05) is 30.2 Å². The molecule has 1 saturated heterocycles. The lowest BCUT2D eigenvalue weighted by atomic mass is 10.1. The summed E-state index contributed by atoms with van der Waals surface area (Å²) in [6, 6.07) is 13.9. The Morgan fingerprint density at radius 3 is 2.46 bits per heavy atom. The fraction of sp³-hybridized carbons (Fsp3) is 0.381. The van der Waals surface area contributed by atoms with Crippen LogP contribution in [0.2, 0.25) is 0 Å². The van der Waals surface area contributed by atoms with E-state index < -0.39 is 0 Å². The highest BCUT2D eigenvalue weighted by Crippen LogP contribution is 2.22. The van der Waals surface area contributed by atoms with E-state index in [1.165, 1.54) is 24.9 Å². The van der Waals surface area contributed by atoms with Crippen molar-refractivity contribution in [3.63, 3.8) is 0 Å². The lowest BCUT2D eigenvalue weighted by molar-refractivity contribution is -0.114. The highest BCUT2D eigenvalue weighted by Gasteiger charge is 2.11. The minimum Gasteiger partial charge on any atom is -0.497 e. The molecule has 0 bridgehead atoms. The molecule has 1 fully saturated rings. The average molecular weight is 353 g/mol. The number of amides is 1. The number of methoxy groups -OCH3 is 1. The molecular weight excluding hydrogens is 326 g/mol. The molecule has 0 radical (unpaired) electrons. The minimum absolute atomic E-state index is 0.0639. The van der Waals surface area contributed by atoms with Gasteiger partial charge in [-0.3, -0.25) is 4.79 Å². The van der Waals surface area contributed by atoms with Gasteiger partial charge >= 0.3 is 0 Å². The number of anilines is 3.